The molecule has 5 nitrogen and oxygen atoms in total. The first-order chi connectivity index (χ1) is 19.2. The zero-order valence-corrected chi connectivity index (χ0v) is 24.9. The molecule has 2 N–H and O–H groups in total. The highest BCUT2D eigenvalue weighted by Crippen LogP contribution is 2.38. The summed E-state index contributed by atoms with van der Waals surface area (Å²) in [6, 6.07) is 21.7. The fourth-order valence-corrected chi connectivity index (χ4v) is 5.92. The second-order valence-corrected chi connectivity index (χ2v) is 12.0. The van der Waals surface area contributed by atoms with Crippen molar-refractivity contribution >= 4 is 11.8 Å². The second-order valence-electron chi connectivity index (χ2n) is 12.0. The Hall–Kier alpha value is -3.31. The molecule has 1 saturated carbocycles. The van der Waals surface area contributed by atoms with E-state index in [1.807, 2.05) is 12.1 Å². The topological polar surface area (TPSA) is 61.8 Å². The SMILES string of the molecule is CCN(CC)c1ccc(-c2cc(-c3ccc(OC(=O)O)cc3)ccc2CCCNC2CCCC2)cc1C(C)(C)C. The van der Waals surface area contributed by atoms with Crippen LogP contribution in [0.25, 0.3) is 22.3 Å². The van der Waals surface area contributed by atoms with Gasteiger partial charge < -0.3 is 20.1 Å². The van der Waals surface area contributed by atoms with Gasteiger partial charge in [0.15, 0.2) is 0 Å². The Morgan fingerprint density at radius 3 is 2.20 bits per heavy atom. The summed E-state index contributed by atoms with van der Waals surface area (Å²) in [5.41, 5.74) is 8.69. The number of rotatable bonds is 11. The van der Waals surface area contributed by atoms with Gasteiger partial charge in [-0.2, -0.15) is 0 Å². The number of anilines is 1. The highest BCUT2D eigenvalue weighted by atomic mass is 16.7. The standard InChI is InChI=1S/C35H46N2O3/c1-6-37(7-2)33-21-18-28(24-32(33)35(3,4)5)31-23-27(25-16-19-30(20-17-25)40-34(38)39)15-14-26(31)11-10-22-36-29-12-8-9-13-29/h14-21,23-24,29,36H,6-13,22H2,1-5H3,(H,38,39). The van der Waals surface area contributed by atoms with E-state index < -0.39 is 6.16 Å². The van der Waals surface area contributed by atoms with E-state index in [1.165, 1.54) is 53.6 Å². The van der Waals surface area contributed by atoms with Crippen LogP contribution in [-0.2, 0) is 11.8 Å². The van der Waals surface area contributed by atoms with Gasteiger partial charge in [-0.05, 0) is 115 Å². The van der Waals surface area contributed by atoms with Gasteiger partial charge in [-0.1, -0.05) is 63.9 Å². The summed E-state index contributed by atoms with van der Waals surface area (Å²) in [4.78, 5) is 13.4. The minimum atomic E-state index is -1.30. The third-order valence-corrected chi connectivity index (χ3v) is 8.13. The number of benzene rings is 3. The van der Waals surface area contributed by atoms with Crippen LogP contribution in [-0.4, -0.2) is 36.9 Å². The van der Waals surface area contributed by atoms with E-state index in [9.17, 15) is 4.79 Å². The van der Waals surface area contributed by atoms with Crippen LogP contribution >= 0.6 is 0 Å². The van der Waals surface area contributed by atoms with Crippen molar-refractivity contribution < 1.29 is 14.6 Å². The van der Waals surface area contributed by atoms with E-state index >= 15 is 0 Å². The highest BCUT2D eigenvalue weighted by Gasteiger charge is 2.22. The van der Waals surface area contributed by atoms with Crippen LogP contribution in [0.5, 0.6) is 5.75 Å². The zero-order valence-electron chi connectivity index (χ0n) is 24.9. The largest absolute Gasteiger partial charge is 0.511 e. The van der Waals surface area contributed by atoms with Gasteiger partial charge in [0, 0.05) is 24.8 Å². The Morgan fingerprint density at radius 1 is 0.925 bits per heavy atom. The molecule has 214 valence electrons. The van der Waals surface area contributed by atoms with Gasteiger partial charge in [-0.15, -0.1) is 0 Å². The van der Waals surface area contributed by atoms with Gasteiger partial charge in [-0.25, -0.2) is 4.79 Å². The highest BCUT2D eigenvalue weighted by molar-refractivity contribution is 5.78. The number of nitrogens with one attached hydrogen (secondary N) is 1. The normalized spacial score (nSPS) is 13.9. The van der Waals surface area contributed by atoms with Crippen molar-refractivity contribution in [3.8, 4) is 28.0 Å². The molecule has 0 atom stereocenters. The van der Waals surface area contributed by atoms with Crippen LogP contribution in [0.2, 0.25) is 0 Å². The molecule has 0 heterocycles. The molecule has 4 rings (SSSR count). The molecule has 0 saturated heterocycles. The van der Waals surface area contributed by atoms with E-state index in [1.54, 1.807) is 12.1 Å². The summed E-state index contributed by atoms with van der Waals surface area (Å²) in [6.45, 7) is 14.3. The van der Waals surface area contributed by atoms with Crippen LogP contribution in [0.1, 0.15) is 77.8 Å². The Bertz CT molecular complexity index is 1270. The zero-order chi connectivity index (χ0) is 28.7. The molecule has 0 aromatic heterocycles. The Kier molecular flexibility index (Phi) is 9.91. The van der Waals surface area contributed by atoms with Crippen molar-refractivity contribution in [3.63, 3.8) is 0 Å². The number of carboxylic acid groups (broad SMARTS) is 1. The smallest absolute Gasteiger partial charge is 0.449 e. The number of hydrogen-bond donors (Lipinski definition) is 2. The van der Waals surface area contributed by atoms with Gasteiger partial charge in [0.1, 0.15) is 5.75 Å². The maximum absolute atomic E-state index is 10.9. The quantitative estimate of drug-likeness (QED) is 0.144. The molecule has 1 aliphatic rings. The van der Waals surface area contributed by atoms with Crippen molar-refractivity contribution in [1.29, 1.82) is 0 Å². The lowest BCUT2D eigenvalue weighted by molar-refractivity contribution is 0.144. The summed E-state index contributed by atoms with van der Waals surface area (Å²) in [7, 11) is 0. The van der Waals surface area contributed by atoms with Gasteiger partial charge in [0.2, 0.25) is 0 Å². The molecule has 3 aromatic carbocycles. The van der Waals surface area contributed by atoms with Crippen LogP contribution < -0.4 is 15.0 Å². The molecular weight excluding hydrogens is 496 g/mol. The van der Waals surface area contributed by atoms with E-state index in [-0.39, 0.29) is 5.41 Å². The van der Waals surface area contributed by atoms with Crippen LogP contribution in [0, 0.1) is 0 Å². The molecule has 0 amide bonds. The number of ether oxygens (including phenoxy) is 1. The summed E-state index contributed by atoms with van der Waals surface area (Å²) in [5, 5.41) is 12.7. The lowest BCUT2D eigenvalue weighted by atomic mass is 9.82. The molecule has 3 aromatic rings. The van der Waals surface area contributed by atoms with E-state index in [0.717, 1.165) is 43.6 Å². The fraction of sp³-hybridized carbons (Fsp3) is 0.457. The molecule has 5 heteroatoms. The molecular formula is C35H46N2O3. The van der Waals surface area contributed by atoms with Gasteiger partial charge >= 0.3 is 6.16 Å². The van der Waals surface area contributed by atoms with Crippen molar-refractivity contribution in [2.45, 2.75) is 84.6 Å². The van der Waals surface area contributed by atoms with E-state index in [4.69, 9.17) is 9.84 Å². The number of nitrogens with zero attached hydrogens (tertiary/aromatic N) is 1. The van der Waals surface area contributed by atoms with E-state index in [2.05, 4.69) is 81.2 Å². The first kappa shape index (κ1) is 29.7. The molecule has 0 unspecified atom stereocenters. The molecule has 0 radical (unpaired) electrons. The number of hydrogen-bond acceptors (Lipinski definition) is 4. The Morgan fingerprint density at radius 2 is 1.57 bits per heavy atom. The van der Waals surface area contributed by atoms with Gasteiger partial charge in [-0.3, -0.25) is 0 Å². The Balaban J connectivity index is 1.70. The summed E-state index contributed by atoms with van der Waals surface area (Å²) in [5.74, 6) is 0.324. The lowest BCUT2D eigenvalue weighted by Crippen LogP contribution is -2.27. The third kappa shape index (κ3) is 7.45. The number of carbonyl (C=O) groups is 1. The minimum Gasteiger partial charge on any atom is -0.449 e. The maximum Gasteiger partial charge on any atom is 0.511 e. The molecule has 0 bridgehead atoms. The molecule has 1 fully saturated rings. The monoisotopic (exact) mass is 542 g/mol. The third-order valence-electron chi connectivity index (χ3n) is 8.13. The van der Waals surface area contributed by atoms with Crippen molar-refractivity contribution in [1.82, 2.24) is 5.32 Å². The van der Waals surface area contributed by atoms with Crippen molar-refractivity contribution in [3.05, 3.63) is 71.8 Å². The van der Waals surface area contributed by atoms with E-state index in [0.29, 0.717) is 11.8 Å². The van der Waals surface area contributed by atoms with Crippen LogP contribution in [0.15, 0.2) is 60.7 Å². The summed E-state index contributed by atoms with van der Waals surface area (Å²) in [6.07, 6.45) is 6.15. The summed E-state index contributed by atoms with van der Waals surface area (Å²) >= 11 is 0. The number of aryl methyl sites for hydroxylation is 1. The lowest BCUT2D eigenvalue weighted by Gasteiger charge is -2.31. The molecule has 1 aliphatic carbocycles. The molecule has 0 aliphatic heterocycles. The average Bonchev–Trinajstić information content (AvgIpc) is 3.45. The predicted octanol–water partition coefficient (Wildman–Crippen LogP) is 8.69. The van der Waals surface area contributed by atoms with Gasteiger partial charge in [0.05, 0.1) is 0 Å². The van der Waals surface area contributed by atoms with Crippen molar-refractivity contribution in [2.24, 2.45) is 0 Å². The van der Waals surface area contributed by atoms with Crippen molar-refractivity contribution in [2.75, 3.05) is 24.5 Å². The predicted molar refractivity (Wildman–Crippen MR) is 167 cm³/mol. The fourth-order valence-electron chi connectivity index (χ4n) is 5.92. The van der Waals surface area contributed by atoms with Crippen LogP contribution in [0.4, 0.5) is 10.5 Å². The second kappa shape index (κ2) is 13.4. The minimum absolute atomic E-state index is 0.0108. The average molecular weight is 543 g/mol. The molecule has 0 spiro atoms. The van der Waals surface area contributed by atoms with Gasteiger partial charge in [0.25, 0.3) is 0 Å². The first-order valence-corrected chi connectivity index (χ1v) is 15.0. The Labute approximate surface area is 240 Å². The van der Waals surface area contributed by atoms with Crippen LogP contribution in [0.3, 0.4) is 0 Å². The summed E-state index contributed by atoms with van der Waals surface area (Å²) < 4.78 is 4.81. The first-order valence-electron chi connectivity index (χ1n) is 15.0. The maximum atomic E-state index is 10.9. The molecule has 40 heavy (non-hydrogen) atoms.